The summed E-state index contributed by atoms with van der Waals surface area (Å²) in [6.07, 6.45) is 4.12. The van der Waals surface area contributed by atoms with Crippen LogP contribution in [0.4, 0.5) is 0 Å². The molecule has 1 aromatic rings. The quantitative estimate of drug-likeness (QED) is 0.753. The number of carbonyl (C=O) groups excluding carboxylic acids is 1. The lowest BCUT2D eigenvalue weighted by Gasteiger charge is -2.09. The zero-order valence-corrected chi connectivity index (χ0v) is 9.66. The Hall–Kier alpha value is -1.16. The van der Waals surface area contributed by atoms with E-state index >= 15 is 0 Å². The summed E-state index contributed by atoms with van der Waals surface area (Å²) in [5.74, 6) is 0.342. The number of nitrogens with one attached hydrogen (secondary N) is 1. The van der Waals surface area contributed by atoms with E-state index in [0.29, 0.717) is 6.42 Å². The van der Waals surface area contributed by atoms with Crippen molar-refractivity contribution in [1.82, 2.24) is 15.1 Å². The second-order valence-electron chi connectivity index (χ2n) is 3.87. The molecule has 0 fully saturated rings. The van der Waals surface area contributed by atoms with Crippen LogP contribution in [0.15, 0.2) is 12.4 Å². The molecule has 1 N–H and O–H groups in total. The maximum absolute atomic E-state index is 11.8. The monoisotopic (exact) mass is 209 g/mol. The topological polar surface area (TPSA) is 46.9 Å². The van der Waals surface area contributed by atoms with Crippen LogP contribution in [0.5, 0.6) is 0 Å². The van der Waals surface area contributed by atoms with Crippen LogP contribution >= 0.6 is 0 Å². The molecule has 4 heteroatoms. The van der Waals surface area contributed by atoms with Gasteiger partial charge in [0.2, 0.25) is 0 Å². The minimum absolute atomic E-state index is 0.0742. The lowest BCUT2D eigenvalue weighted by atomic mass is 10.0. The van der Waals surface area contributed by atoms with Gasteiger partial charge in [0.25, 0.3) is 0 Å². The maximum atomic E-state index is 11.8. The molecule has 0 aliphatic carbocycles. The van der Waals surface area contributed by atoms with Crippen molar-refractivity contribution in [2.24, 2.45) is 13.0 Å². The molecular formula is C11H19N3O. The van der Waals surface area contributed by atoms with Gasteiger partial charge in [0.15, 0.2) is 0 Å². The van der Waals surface area contributed by atoms with Crippen LogP contribution in [0.2, 0.25) is 0 Å². The Morgan fingerprint density at radius 3 is 2.93 bits per heavy atom. The SMILES string of the molecule is CCNCC(C)C(=O)Cc1cnn(C)c1. The van der Waals surface area contributed by atoms with E-state index in [9.17, 15) is 4.79 Å². The first-order valence-corrected chi connectivity index (χ1v) is 5.34. The average Bonchev–Trinajstić information content (AvgIpc) is 2.60. The van der Waals surface area contributed by atoms with Gasteiger partial charge in [0.05, 0.1) is 6.20 Å². The summed E-state index contributed by atoms with van der Waals surface area (Å²) in [6.45, 7) is 5.67. The number of Topliss-reactive ketones (excluding diaryl/α,β-unsaturated/α-hetero) is 1. The molecule has 0 bridgehead atoms. The molecule has 15 heavy (non-hydrogen) atoms. The Labute approximate surface area is 90.7 Å². The molecule has 0 aliphatic heterocycles. The minimum atomic E-state index is 0.0742. The van der Waals surface area contributed by atoms with Gasteiger partial charge in [-0.1, -0.05) is 13.8 Å². The molecule has 4 nitrogen and oxygen atoms in total. The Kier molecular flexibility index (Phi) is 4.49. The summed E-state index contributed by atoms with van der Waals surface area (Å²) in [5, 5.41) is 7.22. The number of rotatable bonds is 6. The molecule has 84 valence electrons. The highest BCUT2D eigenvalue weighted by atomic mass is 16.1. The van der Waals surface area contributed by atoms with E-state index in [4.69, 9.17) is 0 Å². The Morgan fingerprint density at radius 1 is 1.67 bits per heavy atom. The number of nitrogens with zero attached hydrogens (tertiary/aromatic N) is 2. The van der Waals surface area contributed by atoms with Gasteiger partial charge in [0, 0.05) is 32.1 Å². The first-order valence-electron chi connectivity index (χ1n) is 5.34. The molecule has 1 heterocycles. The molecule has 1 rings (SSSR count). The molecule has 0 spiro atoms. The van der Waals surface area contributed by atoms with Crippen molar-refractivity contribution in [2.75, 3.05) is 13.1 Å². The molecular weight excluding hydrogens is 190 g/mol. The molecule has 0 radical (unpaired) electrons. The summed E-state index contributed by atoms with van der Waals surface area (Å²) in [4.78, 5) is 11.8. The predicted octanol–water partition coefficient (Wildman–Crippen LogP) is 0.777. The number of ketones is 1. The fraction of sp³-hybridized carbons (Fsp3) is 0.636. The van der Waals surface area contributed by atoms with Gasteiger partial charge < -0.3 is 5.32 Å². The van der Waals surface area contributed by atoms with Gasteiger partial charge >= 0.3 is 0 Å². The van der Waals surface area contributed by atoms with Gasteiger partial charge in [-0.05, 0) is 12.1 Å². The second-order valence-corrected chi connectivity index (χ2v) is 3.87. The summed E-state index contributed by atoms with van der Waals surface area (Å²) in [5.41, 5.74) is 0.992. The van der Waals surface area contributed by atoms with Crippen molar-refractivity contribution in [3.05, 3.63) is 18.0 Å². The van der Waals surface area contributed by atoms with Crippen LogP contribution in [0.25, 0.3) is 0 Å². The highest BCUT2D eigenvalue weighted by molar-refractivity contribution is 5.83. The maximum Gasteiger partial charge on any atom is 0.141 e. The summed E-state index contributed by atoms with van der Waals surface area (Å²) < 4.78 is 1.72. The third-order valence-corrected chi connectivity index (χ3v) is 2.39. The normalized spacial score (nSPS) is 12.7. The largest absolute Gasteiger partial charge is 0.316 e. The van der Waals surface area contributed by atoms with Crippen LogP contribution in [0.3, 0.4) is 0 Å². The van der Waals surface area contributed by atoms with Crippen LogP contribution < -0.4 is 5.32 Å². The van der Waals surface area contributed by atoms with Crippen molar-refractivity contribution in [2.45, 2.75) is 20.3 Å². The van der Waals surface area contributed by atoms with Gasteiger partial charge in [0.1, 0.15) is 5.78 Å². The number of carbonyl (C=O) groups is 1. The Bertz CT molecular complexity index is 319. The van der Waals surface area contributed by atoms with E-state index < -0.39 is 0 Å². The van der Waals surface area contributed by atoms with Crippen molar-refractivity contribution in [3.63, 3.8) is 0 Å². The van der Waals surface area contributed by atoms with E-state index in [1.807, 2.05) is 27.1 Å². The number of aromatic nitrogens is 2. The van der Waals surface area contributed by atoms with E-state index in [-0.39, 0.29) is 11.7 Å². The summed E-state index contributed by atoms with van der Waals surface area (Å²) in [6, 6.07) is 0. The third-order valence-electron chi connectivity index (χ3n) is 2.39. The zero-order chi connectivity index (χ0) is 11.3. The van der Waals surface area contributed by atoms with Crippen LogP contribution in [0, 0.1) is 5.92 Å². The van der Waals surface area contributed by atoms with Crippen molar-refractivity contribution in [1.29, 1.82) is 0 Å². The molecule has 0 amide bonds. The van der Waals surface area contributed by atoms with Crippen LogP contribution in [-0.2, 0) is 18.3 Å². The van der Waals surface area contributed by atoms with E-state index in [1.54, 1.807) is 10.9 Å². The van der Waals surface area contributed by atoms with Gasteiger partial charge in [-0.2, -0.15) is 5.10 Å². The number of hydrogen-bond donors (Lipinski definition) is 1. The number of aryl methyl sites for hydroxylation is 1. The Balaban J connectivity index is 2.41. The third kappa shape index (κ3) is 3.83. The average molecular weight is 209 g/mol. The van der Waals surface area contributed by atoms with Crippen LogP contribution in [-0.4, -0.2) is 28.7 Å². The van der Waals surface area contributed by atoms with Gasteiger partial charge in [-0.3, -0.25) is 9.48 Å². The lowest BCUT2D eigenvalue weighted by molar-refractivity contribution is -0.121. The van der Waals surface area contributed by atoms with Crippen molar-refractivity contribution < 1.29 is 4.79 Å². The molecule has 0 saturated carbocycles. The molecule has 0 aromatic carbocycles. The van der Waals surface area contributed by atoms with E-state index in [0.717, 1.165) is 18.7 Å². The molecule has 1 atom stereocenters. The number of hydrogen-bond acceptors (Lipinski definition) is 3. The fourth-order valence-electron chi connectivity index (χ4n) is 1.41. The lowest BCUT2D eigenvalue weighted by Crippen LogP contribution is -2.27. The van der Waals surface area contributed by atoms with Crippen molar-refractivity contribution >= 4 is 5.78 Å². The molecule has 0 saturated heterocycles. The molecule has 1 aromatic heterocycles. The Morgan fingerprint density at radius 2 is 2.40 bits per heavy atom. The summed E-state index contributed by atoms with van der Waals surface area (Å²) in [7, 11) is 1.86. The van der Waals surface area contributed by atoms with Crippen molar-refractivity contribution in [3.8, 4) is 0 Å². The standard InChI is InChI=1S/C11H19N3O/c1-4-12-6-9(2)11(15)5-10-7-13-14(3)8-10/h7-9,12H,4-6H2,1-3H3. The minimum Gasteiger partial charge on any atom is -0.316 e. The predicted molar refractivity (Wildman–Crippen MR) is 59.6 cm³/mol. The smallest absolute Gasteiger partial charge is 0.141 e. The zero-order valence-electron chi connectivity index (χ0n) is 9.66. The molecule has 1 unspecified atom stereocenters. The van der Waals surface area contributed by atoms with Gasteiger partial charge in [-0.15, -0.1) is 0 Å². The highest BCUT2D eigenvalue weighted by Gasteiger charge is 2.13. The van der Waals surface area contributed by atoms with E-state index in [1.165, 1.54) is 0 Å². The van der Waals surface area contributed by atoms with Crippen LogP contribution in [0.1, 0.15) is 19.4 Å². The first-order chi connectivity index (χ1) is 7.13. The second kappa shape index (κ2) is 5.66. The van der Waals surface area contributed by atoms with Gasteiger partial charge in [-0.25, -0.2) is 0 Å². The fourth-order valence-corrected chi connectivity index (χ4v) is 1.41. The van der Waals surface area contributed by atoms with E-state index in [2.05, 4.69) is 10.4 Å². The highest BCUT2D eigenvalue weighted by Crippen LogP contribution is 2.04. The summed E-state index contributed by atoms with van der Waals surface area (Å²) >= 11 is 0. The first kappa shape index (κ1) is 11.9. The molecule has 0 aliphatic rings.